The first-order valence-electron chi connectivity index (χ1n) is 27.6. The third-order valence-electron chi connectivity index (χ3n) is 14.0. The van der Waals surface area contributed by atoms with E-state index in [9.17, 15) is 0 Å². The lowest BCUT2D eigenvalue weighted by Crippen LogP contribution is -2.12. The average molecular weight is 1130 g/mol. The number of rotatable bonds is 10. The van der Waals surface area contributed by atoms with E-state index in [2.05, 4.69) is 323 Å². The van der Waals surface area contributed by atoms with Gasteiger partial charge in [0.2, 0.25) is 0 Å². The minimum Gasteiger partial charge on any atom is -0.130 e. The first kappa shape index (κ1) is 59.3. The van der Waals surface area contributed by atoms with E-state index in [1.54, 1.807) is 16.7 Å². The first-order valence-corrected chi connectivity index (χ1v) is 34.5. The molecule has 0 amide bonds. The lowest BCUT2D eigenvalue weighted by molar-refractivity contribution is 0.589. The molecule has 1 heterocycles. The molecule has 79 heavy (non-hydrogen) atoms. The molecule has 0 aliphatic carbocycles. The molecule has 0 bridgehead atoms. The zero-order valence-electron chi connectivity index (χ0n) is 48.1. The van der Waals surface area contributed by atoms with Crippen molar-refractivity contribution in [2.24, 2.45) is 0 Å². The monoisotopic (exact) mass is 1130 g/mol. The normalized spacial score (nSPS) is 12.9. The fraction of sp³-hybridized carbons (Fsp3) is 0.216. The molecule has 1 saturated heterocycles. The molecule has 1 unspecified atom stereocenters. The number of thioether (sulfide) groups is 1. The van der Waals surface area contributed by atoms with E-state index in [1.165, 1.54) is 101 Å². The van der Waals surface area contributed by atoms with Crippen molar-refractivity contribution in [3.8, 4) is 0 Å². The van der Waals surface area contributed by atoms with Crippen molar-refractivity contribution in [2.75, 3.05) is 24.0 Å². The second-order valence-corrected chi connectivity index (χ2v) is 31.1. The van der Waals surface area contributed by atoms with Gasteiger partial charge in [-0.3, -0.25) is 0 Å². The van der Waals surface area contributed by atoms with Crippen LogP contribution in [0.4, 0.5) is 0 Å². The highest BCUT2D eigenvalue weighted by Crippen LogP contribution is 2.36. The maximum absolute atomic E-state index is 2.33. The quantitative estimate of drug-likeness (QED) is 0.0971. The Labute approximate surface area is 491 Å². The zero-order chi connectivity index (χ0) is 55.8. The number of hydrogen-bond acceptors (Lipinski definition) is 1. The fourth-order valence-electron chi connectivity index (χ4n) is 9.32. The lowest BCUT2D eigenvalue weighted by Gasteiger charge is -2.20. The SMILES string of the molecule is CC(C)(C)c1ccc([S+](c2ccccc2)c2ccc(C(C)(C)C)cc2)cc1.CSc1ccc([S+](C)c2ccccc2)cc1.Cc1ccc([S+](c2ccccc2)c2ccc(C)cc2)cc1.c1ccc2c([S+]3CCCC3)cccc2c1. The van der Waals surface area contributed by atoms with Gasteiger partial charge in [0, 0.05) is 21.2 Å². The van der Waals surface area contributed by atoms with E-state index in [1.807, 2.05) is 0 Å². The van der Waals surface area contributed by atoms with Crippen molar-refractivity contribution in [2.45, 2.75) is 128 Å². The molecule has 402 valence electrons. The first-order chi connectivity index (χ1) is 38.2. The van der Waals surface area contributed by atoms with Crippen LogP contribution in [0, 0.1) is 13.8 Å². The van der Waals surface area contributed by atoms with Gasteiger partial charge < -0.3 is 0 Å². The topological polar surface area (TPSA) is 0 Å². The van der Waals surface area contributed by atoms with Gasteiger partial charge in [-0.15, -0.1) is 11.8 Å². The summed E-state index contributed by atoms with van der Waals surface area (Å²) in [6.45, 7) is 17.9. The second-order valence-electron chi connectivity index (χ2n) is 22.0. The molecule has 1 aliphatic heterocycles. The van der Waals surface area contributed by atoms with E-state index < -0.39 is 0 Å². The molecule has 1 fully saturated rings. The van der Waals surface area contributed by atoms with Gasteiger partial charge in [-0.25, -0.2) is 0 Å². The molecule has 11 rings (SSSR count). The van der Waals surface area contributed by atoms with Crippen molar-refractivity contribution in [3.05, 3.63) is 277 Å². The molecule has 0 saturated carbocycles. The maximum atomic E-state index is 2.33. The summed E-state index contributed by atoms with van der Waals surface area (Å²) < 4.78 is 0. The van der Waals surface area contributed by atoms with Gasteiger partial charge in [-0.1, -0.05) is 186 Å². The molecule has 0 nitrogen and oxygen atoms in total. The molecule has 0 spiro atoms. The van der Waals surface area contributed by atoms with Gasteiger partial charge in [0.1, 0.15) is 17.8 Å². The number of fused-ring (bicyclic) bond motifs is 1. The van der Waals surface area contributed by atoms with Gasteiger partial charge >= 0.3 is 0 Å². The predicted octanol–water partition coefficient (Wildman–Crippen LogP) is 20.5. The largest absolute Gasteiger partial charge is 0.166 e. The molecule has 0 radical (unpaired) electrons. The summed E-state index contributed by atoms with van der Waals surface area (Å²) in [6.07, 6.45) is 7.24. The van der Waals surface area contributed by atoms with Crippen LogP contribution >= 0.6 is 11.8 Å². The van der Waals surface area contributed by atoms with Gasteiger partial charge in [0.05, 0.1) is 32.7 Å². The summed E-state index contributed by atoms with van der Waals surface area (Å²) in [4.78, 5) is 14.0. The zero-order valence-corrected chi connectivity index (χ0v) is 52.2. The Morgan fingerprint density at radius 1 is 0.354 bits per heavy atom. The van der Waals surface area contributed by atoms with Crippen LogP contribution in [-0.2, 0) is 54.4 Å². The smallest absolute Gasteiger partial charge is 0.130 e. The van der Waals surface area contributed by atoms with Crippen molar-refractivity contribution in [1.82, 2.24) is 0 Å². The van der Waals surface area contributed by atoms with Gasteiger partial charge in [0.25, 0.3) is 0 Å². The van der Waals surface area contributed by atoms with E-state index in [0.717, 1.165) is 0 Å². The Balaban J connectivity index is 0.000000142. The Hall–Kier alpha value is -5.79. The van der Waals surface area contributed by atoms with Crippen molar-refractivity contribution < 1.29 is 0 Å². The highest BCUT2D eigenvalue weighted by Gasteiger charge is 2.31. The highest BCUT2D eigenvalue weighted by molar-refractivity contribution is 7.99. The number of hydrogen-bond donors (Lipinski definition) is 0. The molecule has 5 heteroatoms. The third-order valence-corrected chi connectivity index (χ3v) is 23.7. The van der Waals surface area contributed by atoms with Crippen LogP contribution in [0.1, 0.15) is 76.6 Å². The summed E-state index contributed by atoms with van der Waals surface area (Å²) >= 11 is 1.79. The van der Waals surface area contributed by atoms with Crippen LogP contribution in [0.5, 0.6) is 0 Å². The third kappa shape index (κ3) is 16.7. The van der Waals surface area contributed by atoms with Crippen LogP contribution < -0.4 is 0 Å². The van der Waals surface area contributed by atoms with E-state index in [-0.39, 0.29) is 43.5 Å². The van der Waals surface area contributed by atoms with Crippen LogP contribution in [0.15, 0.2) is 304 Å². The van der Waals surface area contributed by atoms with E-state index in [0.29, 0.717) is 10.9 Å². The van der Waals surface area contributed by atoms with Crippen molar-refractivity contribution in [3.63, 3.8) is 0 Å². The minimum atomic E-state index is -0.0847. The molecule has 10 aromatic carbocycles. The summed E-state index contributed by atoms with van der Waals surface area (Å²) in [5.74, 6) is 2.82. The van der Waals surface area contributed by atoms with Crippen LogP contribution in [0.25, 0.3) is 10.8 Å². The molecule has 0 N–H and O–H groups in total. The van der Waals surface area contributed by atoms with Gasteiger partial charge in [-0.2, -0.15) is 0 Å². The summed E-state index contributed by atoms with van der Waals surface area (Å²) in [7, 11) is 0.603. The second kappa shape index (κ2) is 28.6. The Kier molecular flexibility index (Phi) is 21.5. The van der Waals surface area contributed by atoms with Gasteiger partial charge in [0.15, 0.2) is 44.1 Å². The number of benzene rings is 10. The van der Waals surface area contributed by atoms with E-state index >= 15 is 0 Å². The highest BCUT2D eigenvalue weighted by atomic mass is 32.2. The maximum Gasteiger partial charge on any atom is 0.166 e. The van der Waals surface area contributed by atoms with Crippen LogP contribution in [0.2, 0.25) is 0 Å². The van der Waals surface area contributed by atoms with Crippen molar-refractivity contribution in [1.29, 1.82) is 0 Å². The summed E-state index contributed by atoms with van der Waals surface area (Å²) in [6, 6.07) is 93.0. The Morgan fingerprint density at radius 2 is 0.684 bits per heavy atom. The molecule has 0 aromatic heterocycles. The molecule has 1 aliphatic rings. The standard InChI is InChI=1S/C26H31S.C20H19S.C14H15S2.C14H15S/c1-25(2,3)20-12-16-23(17-13-20)27(22-10-8-7-9-11-22)24-18-14-21(15-19-24)26(4,5)6;1-16-8-12-19(13-9-16)21(18-6-4-3-5-7-18)20-14-10-17(2)11-15-20;1-15-12-8-10-14(11-9-12)16(2)13-6-4-3-5-7-13;1-2-8-13-12(6-1)7-5-9-14(13)15-10-3-4-11-15/h7-19H,1-6H3;3-15H,1-2H3;3-11H,1-2H3;1-2,5-9H,3-4,10-11H2/q4*+1. The molecule has 1 atom stereocenters. The van der Waals surface area contributed by atoms with Crippen LogP contribution in [0.3, 0.4) is 0 Å². The number of aryl methyl sites for hydroxylation is 2. The minimum absolute atomic E-state index is 0.0312. The molecular weight excluding hydrogens is 1050 g/mol. The fourth-order valence-corrected chi connectivity index (χ4v) is 17.8. The lowest BCUT2D eigenvalue weighted by atomic mass is 9.87. The van der Waals surface area contributed by atoms with Crippen LogP contribution in [-0.4, -0.2) is 24.0 Å². The Bertz CT molecular complexity index is 3270. The van der Waals surface area contributed by atoms with Crippen molar-refractivity contribution >= 4 is 66.1 Å². The van der Waals surface area contributed by atoms with E-state index in [4.69, 9.17) is 0 Å². The van der Waals surface area contributed by atoms with Gasteiger partial charge in [-0.05, 0) is 182 Å². The summed E-state index contributed by atoms with van der Waals surface area (Å²) in [5.41, 5.74) is 5.73. The molecule has 10 aromatic rings. The summed E-state index contributed by atoms with van der Waals surface area (Å²) in [5, 5.41) is 2.87. The molecular formula is C74H80S5+4. The Morgan fingerprint density at radius 3 is 1.09 bits per heavy atom. The predicted molar refractivity (Wildman–Crippen MR) is 353 cm³/mol. The average Bonchev–Trinajstić information content (AvgIpc) is 4.04.